The van der Waals surface area contributed by atoms with E-state index in [2.05, 4.69) is 14.9 Å². The molecule has 4 rings (SSSR count). The molecular formula is C18H18N4O2. The molecule has 0 bridgehead atoms. The molecular weight excluding hydrogens is 304 g/mol. The van der Waals surface area contributed by atoms with Gasteiger partial charge in [0.15, 0.2) is 0 Å². The van der Waals surface area contributed by atoms with Crippen LogP contribution in [-0.4, -0.2) is 45.8 Å². The highest BCUT2D eigenvalue weighted by Crippen LogP contribution is 2.26. The normalized spacial score (nSPS) is 18.7. The molecule has 0 N–H and O–H groups in total. The average molecular weight is 322 g/mol. The molecule has 2 aromatic rings. The SMILES string of the molecule is O=C1Cc2ccccc2C(=O)N1C1CCN(c2ncccn2)CC1. The summed E-state index contributed by atoms with van der Waals surface area (Å²) in [5.74, 6) is 0.460. The van der Waals surface area contributed by atoms with Gasteiger partial charge in [0.2, 0.25) is 11.9 Å². The van der Waals surface area contributed by atoms with Crippen molar-refractivity contribution in [3.8, 4) is 0 Å². The van der Waals surface area contributed by atoms with Crippen molar-refractivity contribution in [2.45, 2.75) is 25.3 Å². The monoisotopic (exact) mass is 322 g/mol. The van der Waals surface area contributed by atoms with Crippen molar-refractivity contribution in [1.29, 1.82) is 0 Å². The van der Waals surface area contributed by atoms with Crippen molar-refractivity contribution in [1.82, 2.24) is 14.9 Å². The van der Waals surface area contributed by atoms with Crippen LogP contribution in [-0.2, 0) is 11.2 Å². The number of rotatable bonds is 2. The molecule has 2 amide bonds. The van der Waals surface area contributed by atoms with E-state index in [4.69, 9.17) is 0 Å². The topological polar surface area (TPSA) is 66.4 Å². The Kier molecular flexibility index (Phi) is 3.72. The molecule has 0 spiro atoms. The molecule has 1 aromatic heterocycles. The Morgan fingerprint density at radius 2 is 1.67 bits per heavy atom. The van der Waals surface area contributed by atoms with Crippen molar-refractivity contribution in [3.05, 3.63) is 53.9 Å². The van der Waals surface area contributed by atoms with E-state index in [0.717, 1.165) is 31.5 Å². The Morgan fingerprint density at radius 3 is 2.42 bits per heavy atom. The van der Waals surface area contributed by atoms with Gasteiger partial charge in [0.25, 0.3) is 5.91 Å². The van der Waals surface area contributed by atoms with Crippen molar-refractivity contribution >= 4 is 17.8 Å². The van der Waals surface area contributed by atoms with Gasteiger partial charge in [-0.05, 0) is 30.5 Å². The molecule has 6 heteroatoms. The minimum absolute atomic E-state index is 0.0432. The highest BCUT2D eigenvalue weighted by Gasteiger charge is 2.37. The maximum atomic E-state index is 12.7. The van der Waals surface area contributed by atoms with Gasteiger partial charge in [-0.2, -0.15) is 0 Å². The lowest BCUT2D eigenvalue weighted by Gasteiger charge is -2.39. The van der Waals surface area contributed by atoms with Crippen LogP contribution in [0.5, 0.6) is 0 Å². The van der Waals surface area contributed by atoms with E-state index in [1.165, 1.54) is 4.90 Å². The molecule has 2 aliphatic rings. The predicted molar refractivity (Wildman–Crippen MR) is 88.6 cm³/mol. The minimum Gasteiger partial charge on any atom is -0.341 e. The van der Waals surface area contributed by atoms with Gasteiger partial charge >= 0.3 is 0 Å². The third-order valence-electron chi connectivity index (χ3n) is 4.74. The van der Waals surface area contributed by atoms with Crippen molar-refractivity contribution < 1.29 is 9.59 Å². The third-order valence-corrected chi connectivity index (χ3v) is 4.74. The molecule has 1 fully saturated rings. The molecule has 1 aromatic carbocycles. The number of benzene rings is 1. The molecule has 0 saturated carbocycles. The number of carbonyl (C=O) groups excluding carboxylic acids is 2. The maximum absolute atomic E-state index is 12.7. The number of fused-ring (bicyclic) bond motifs is 1. The largest absolute Gasteiger partial charge is 0.341 e. The number of hydrogen-bond acceptors (Lipinski definition) is 5. The number of anilines is 1. The van der Waals surface area contributed by atoms with Crippen LogP contribution in [0.15, 0.2) is 42.7 Å². The fourth-order valence-corrected chi connectivity index (χ4v) is 3.52. The molecule has 0 aliphatic carbocycles. The number of nitrogens with zero attached hydrogens (tertiary/aromatic N) is 4. The van der Waals surface area contributed by atoms with E-state index in [1.54, 1.807) is 18.5 Å². The van der Waals surface area contributed by atoms with E-state index in [9.17, 15) is 9.59 Å². The fraction of sp³-hybridized carbons (Fsp3) is 0.333. The highest BCUT2D eigenvalue weighted by atomic mass is 16.2. The summed E-state index contributed by atoms with van der Waals surface area (Å²) in [6.45, 7) is 1.49. The number of aromatic nitrogens is 2. The van der Waals surface area contributed by atoms with Crippen molar-refractivity contribution in [2.24, 2.45) is 0 Å². The number of hydrogen-bond donors (Lipinski definition) is 0. The third kappa shape index (κ3) is 2.54. The van der Waals surface area contributed by atoms with Gasteiger partial charge in [-0.25, -0.2) is 9.97 Å². The Hall–Kier alpha value is -2.76. The lowest BCUT2D eigenvalue weighted by atomic mass is 9.94. The molecule has 122 valence electrons. The van der Waals surface area contributed by atoms with Gasteiger partial charge in [-0.15, -0.1) is 0 Å². The first-order valence-electron chi connectivity index (χ1n) is 8.20. The molecule has 3 heterocycles. The molecule has 0 atom stereocenters. The minimum atomic E-state index is -0.156. The Morgan fingerprint density at radius 1 is 0.958 bits per heavy atom. The summed E-state index contributed by atoms with van der Waals surface area (Å²) >= 11 is 0. The van der Waals surface area contributed by atoms with Crippen LogP contribution in [0.1, 0.15) is 28.8 Å². The van der Waals surface area contributed by atoms with Crippen LogP contribution >= 0.6 is 0 Å². The van der Waals surface area contributed by atoms with Gasteiger partial charge in [0, 0.05) is 37.1 Å². The van der Waals surface area contributed by atoms with Crippen molar-refractivity contribution in [3.63, 3.8) is 0 Å². The van der Waals surface area contributed by atoms with Crippen LogP contribution in [0, 0.1) is 0 Å². The summed E-state index contributed by atoms with van der Waals surface area (Å²) in [6, 6.07) is 9.13. The van der Waals surface area contributed by atoms with Gasteiger partial charge in [-0.1, -0.05) is 18.2 Å². The number of carbonyl (C=O) groups is 2. The Labute approximate surface area is 140 Å². The first-order valence-corrected chi connectivity index (χ1v) is 8.20. The highest BCUT2D eigenvalue weighted by molar-refractivity contribution is 6.10. The summed E-state index contributed by atoms with van der Waals surface area (Å²) in [5, 5.41) is 0. The zero-order valence-electron chi connectivity index (χ0n) is 13.3. The molecule has 1 saturated heterocycles. The van der Waals surface area contributed by atoms with E-state index in [0.29, 0.717) is 17.9 Å². The van der Waals surface area contributed by atoms with Gasteiger partial charge in [-0.3, -0.25) is 14.5 Å². The molecule has 2 aliphatic heterocycles. The first kappa shape index (κ1) is 14.8. The second-order valence-corrected chi connectivity index (χ2v) is 6.17. The number of amides is 2. The summed E-state index contributed by atoms with van der Waals surface area (Å²) < 4.78 is 0. The van der Waals surface area contributed by atoms with E-state index in [-0.39, 0.29) is 17.9 Å². The Balaban J connectivity index is 1.50. The summed E-state index contributed by atoms with van der Waals surface area (Å²) in [5.41, 5.74) is 1.49. The Bertz CT molecular complexity index is 770. The van der Waals surface area contributed by atoms with Gasteiger partial charge in [0.05, 0.1) is 6.42 Å². The van der Waals surface area contributed by atoms with E-state index < -0.39 is 0 Å². The smallest absolute Gasteiger partial charge is 0.261 e. The summed E-state index contributed by atoms with van der Waals surface area (Å²) in [7, 11) is 0. The lowest BCUT2D eigenvalue weighted by molar-refractivity contribution is -0.130. The van der Waals surface area contributed by atoms with Crippen molar-refractivity contribution in [2.75, 3.05) is 18.0 Å². The van der Waals surface area contributed by atoms with E-state index in [1.807, 2.05) is 24.3 Å². The number of piperidine rings is 1. The zero-order chi connectivity index (χ0) is 16.5. The quantitative estimate of drug-likeness (QED) is 0.787. The molecule has 6 nitrogen and oxygen atoms in total. The van der Waals surface area contributed by atoms with Crippen LogP contribution in [0.3, 0.4) is 0 Å². The standard InChI is InChI=1S/C18H18N4O2/c23-16-12-13-4-1-2-5-15(13)17(24)22(16)14-6-10-21(11-7-14)18-19-8-3-9-20-18/h1-5,8-9,14H,6-7,10-12H2. The molecule has 0 radical (unpaired) electrons. The predicted octanol–water partition coefficient (Wildman–Crippen LogP) is 1.67. The average Bonchev–Trinajstić information content (AvgIpc) is 2.63. The second-order valence-electron chi connectivity index (χ2n) is 6.17. The van der Waals surface area contributed by atoms with Gasteiger partial charge in [0.1, 0.15) is 0 Å². The maximum Gasteiger partial charge on any atom is 0.261 e. The van der Waals surface area contributed by atoms with Crippen LogP contribution < -0.4 is 4.90 Å². The summed E-state index contributed by atoms with van der Waals surface area (Å²) in [6.07, 6.45) is 5.26. The lowest BCUT2D eigenvalue weighted by Crippen LogP contribution is -2.52. The molecule has 24 heavy (non-hydrogen) atoms. The first-order chi connectivity index (χ1) is 11.7. The van der Waals surface area contributed by atoms with Gasteiger partial charge < -0.3 is 4.90 Å². The van der Waals surface area contributed by atoms with Crippen LogP contribution in [0.2, 0.25) is 0 Å². The van der Waals surface area contributed by atoms with E-state index >= 15 is 0 Å². The number of imide groups is 1. The molecule has 0 unspecified atom stereocenters. The zero-order valence-corrected chi connectivity index (χ0v) is 13.3. The van der Waals surface area contributed by atoms with Crippen LogP contribution in [0.4, 0.5) is 5.95 Å². The second kappa shape index (κ2) is 6.03. The fourth-order valence-electron chi connectivity index (χ4n) is 3.52. The summed E-state index contributed by atoms with van der Waals surface area (Å²) in [4.78, 5) is 37.3. The van der Waals surface area contributed by atoms with Crippen LogP contribution in [0.25, 0.3) is 0 Å².